The number of benzene rings is 1. The van der Waals surface area contributed by atoms with Gasteiger partial charge in [-0.15, -0.1) is 0 Å². The van der Waals surface area contributed by atoms with Gasteiger partial charge < -0.3 is 9.88 Å². The van der Waals surface area contributed by atoms with Gasteiger partial charge in [-0.1, -0.05) is 30.3 Å². The molecular weight excluding hydrogens is 246 g/mol. The quantitative estimate of drug-likeness (QED) is 0.853. The molecule has 0 radical (unpaired) electrons. The molecule has 0 saturated carbocycles. The van der Waals surface area contributed by atoms with Gasteiger partial charge in [0.2, 0.25) is 5.95 Å². The molecule has 20 heavy (non-hydrogen) atoms. The molecule has 0 bridgehead atoms. The Balaban J connectivity index is 1.93. The molecule has 1 atom stereocenters. The number of hydrogen-bond acceptors (Lipinski definition) is 2. The molecule has 108 valence electrons. The van der Waals surface area contributed by atoms with Crippen molar-refractivity contribution in [3.05, 3.63) is 47.8 Å². The molecular formula is C17H25N3. The van der Waals surface area contributed by atoms with E-state index < -0.39 is 0 Å². The van der Waals surface area contributed by atoms with Gasteiger partial charge in [-0.3, -0.25) is 0 Å². The summed E-state index contributed by atoms with van der Waals surface area (Å²) in [5.41, 5.74) is 2.46. The maximum absolute atomic E-state index is 4.58. The lowest BCUT2D eigenvalue weighted by atomic mass is 10.1. The summed E-state index contributed by atoms with van der Waals surface area (Å²) in [5, 5.41) is 3.53. The summed E-state index contributed by atoms with van der Waals surface area (Å²) in [6, 6.07) is 11.5. The second kappa shape index (κ2) is 6.60. The van der Waals surface area contributed by atoms with Gasteiger partial charge in [0, 0.05) is 18.3 Å². The maximum Gasteiger partial charge on any atom is 0.203 e. The third-order valence-electron chi connectivity index (χ3n) is 3.49. The van der Waals surface area contributed by atoms with Gasteiger partial charge in [0.05, 0.1) is 5.69 Å². The number of nitrogens with one attached hydrogen (secondary N) is 1. The summed E-state index contributed by atoms with van der Waals surface area (Å²) in [6.45, 7) is 8.62. The predicted octanol–water partition coefficient (Wildman–Crippen LogP) is 4.21. The van der Waals surface area contributed by atoms with E-state index in [1.165, 1.54) is 5.56 Å². The van der Waals surface area contributed by atoms with Crippen LogP contribution in [0.2, 0.25) is 0 Å². The van der Waals surface area contributed by atoms with Crippen LogP contribution in [-0.4, -0.2) is 15.6 Å². The van der Waals surface area contributed by atoms with Crippen LogP contribution in [0, 0.1) is 6.92 Å². The van der Waals surface area contributed by atoms with E-state index in [9.17, 15) is 0 Å². The highest BCUT2D eigenvalue weighted by molar-refractivity contribution is 5.30. The number of hydrogen-bond donors (Lipinski definition) is 1. The molecule has 3 nitrogen and oxygen atoms in total. The topological polar surface area (TPSA) is 29.9 Å². The van der Waals surface area contributed by atoms with E-state index in [4.69, 9.17) is 0 Å². The summed E-state index contributed by atoms with van der Waals surface area (Å²) in [6.07, 6.45) is 4.31. The van der Waals surface area contributed by atoms with Crippen molar-refractivity contribution in [1.29, 1.82) is 0 Å². The lowest BCUT2D eigenvalue weighted by molar-refractivity contribution is 0.594. The van der Waals surface area contributed by atoms with Gasteiger partial charge >= 0.3 is 0 Å². The Hall–Kier alpha value is -1.77. The first-order valence-corrected chi connectivity index (χ1v) is 7.42. The summed E-state index contributed by atoms with van der Waals surface area (Å²) in [5.74, 6) is 0.984. The van der Waals surface area contributed by atoms with Crippen LogP contribution in [-0.2, 0) is 6.42 Å². The van der Waals surface area contributed by atoms with Crippen molar-refractivity contribution in [3.8, 4) is 0 Å². The first-order chi connectivity index (χ1) is 9.56. The molecule has 0 fully saturated rings. The number of nitrogens with zero attached hydrogens (tertiary/aromatic N) is 2. The number of anilines is 1. The van der Waals surface area contributed by atoms with Gasteiger partial charge in [-0.05, 0) is 46.1 Å². The molecule has 1 aromatic carbocycles. The van der Waals surface area contributed by atoms with Gasteiger partial charge in [0.15, 0.2) is 0 Å². The second-order valence-corrected chi connectivity index (χ2v) is 5.78. The summed E-state index contributed by atoms with van der Waals surface area (Å²) in [7, 11) is 0. The van der Waals surface area contributed by atoms with Crippen LogP contribution in [0.5, 0.6) is 0 Å². The maximum atomic E-state index is 4.58. The first-order valence-electron chi connectivity index (χ1n) is 7.42. The zero-order valence-electron chi connectivity index (χ0n) is 12.9. The minimum Gasteiger partial charge on any atom is -0.353 e. The predicted molar refractivity (Wildman–Crippen MR) is 85.2 cm³/mol. The molecule has 0 saturated heterocycles. The van der Waals surface area contributed by atoms with E-state index in [1.54, 1.807) is 0 Å². The van der Waals surface area contributed by atoms with Gasteiger partial charge in [-0.25, -0.2) is 4.98 Å². The number of imidazole rings is 1. The molecule has 1 N–H and O–H groups in total. The van der Waals surface area contributed by atoms with Crippen LogP contribution >= 0.6 is 0 Å². The fourth-order valence-corrected chi connectivity index (χ4v) is 2.34. The molecule has 0 spiro atoms. The minimum atomic E-state index is 0.412. The molecule has 1 aromatic heterocycles. The van der Waals surface area contributed by atoms with Crippen molar-refractivity contribution in [2.24, 2.45) is 0 Å². The molecule has 2 aromatic rings. The lowest BCUT2D eigenvalue weighted by Gasteiger charge is -2.17. The van der Waals surface area contributed by atoms with E-state index in [0.717, 1.165) is 24.5 Å². The highest BCUT2D eigenvalue weighted by atomic mass is 15.2. The van der Waals surface area contributed by atoms with Gasteiger partial charge in [-0.2, -0.15) is 0 Å². The molecule has 2 rings (SSSR count). The average Bonchev–Trinajstić information content (AvgIpc) is 2.79. The van der Waals surface area contributed by atoms with Crippen LogP contribution in [0.15, 0.2) is 36.5 Å². The Labute approximate surface area is 122 Å². The van der Waals surface area contributed by atoms with Crippen LogP contribution in [0.3, 0.4) is 0 Å². The van der Waals surface area contributed by atoms with Gasteiger partial charge in [0.25, 0.3) is 0 Å². The number of aromatic nitrogens is 2. The Kier molecular flexibility index (Phi) is 4.83. The Morgan fingerprint density at radius 1 is 1.15 bits per heavy atom. The summed E-state index contributed by atoms with van der Waals surface area (Å²) >= 11 is 0. The molecule has 3 heteroatoms. The fraction of sp³-hybridized carbons (Fsp3) is 0.471. The van der Waals surface area contributed by atoms with E-state index >= 15 is 0 Å². The number of aryl methyl sites for hydroxylation is 2. The van der Waals surface area contributed by atoms with Crippen LogP contribution < -0.4 is 5.32 Å². The molecule has 0 amide bonds. The van der Waals surface area contributed by atoms with E-state index in [1.807, 2.05) is 6.92 Å². The second-order valence-electron chi connectivity index (χ2n) is 5.78. The number of rotatable bonds is 6. The van der Waals surface area contributed by atoms with Crippen molar-refractivity contribution in [1.82, 2.24) is 9.55 Å². The minimum absolute atomic E-state index is 0.412. The van der Waals surface area contributed by atoms with Crippen molar-refractivity contribution < 1.29 is 0 Å². The Morgan fingerprint density at radius 2 is 1.85 bits per heavy atom. The smallest absolute Gasteiger partial charge is 0.203 e. The van der Waals surface area contributed by atoms with E-state index in [0.29, 0.717) is 12.1 Å². The van der Waals surface area contributed by atoms with Crippen molar-refractivity contribution in [3.63, 3.8) is 0 Å². The van der Waals surface area contributed by atoms with E-state index in [2.05, 4.69) is 72.2 Å². The highest BCUT2D eigenvalue weighted by Gasteiger charge is 2.11. The zero-order valence-corrected chi connectivity index (χ0v) is 12.9. The summed E-state index contributed by atoms with van der Waals surface area (Å²) < 4.78 is 2.20. The normalized spacial score (nSPS) is 12.7. The third kappa shape index (κ3) is 3.86. The highest BCUT2D eigenvalue weighted by Crippen LogP contribution is 2.17. The Morgan fingerprint density at radius 3 is 2.50 bits per heavy atom. The third-order valence-corrected chi connectivity index (χ3v) is 3.49. The first kappa shape index (κ1) is 14.6. The molecule has 0 aliphatic rings. The average molecular weight is 271 g/mol. The molecule has 1 heterocycles. The summed E-state index contributed by atoms with van der Waals surface area (Å²) in [4.78, 5) is 4.58. The van der Waals surface area contributed by atoms with Crippen LogP contribution in [0.4, 0.5) is 5.95 Å². The van der Waals surface area contributed by atoms with Crippen LogP contribution in [0.1, 0.15) is 44.5 Å². The largest absolute Gasteiger partial charge is 0.353 e. The SMILES string of the molecule is Cc1cn(C(C)C)c(NC(C)CCc2ccccc2)n1. The van der Waals surface area contributed by atoms with Crippen molar-refractivity contribution in [2.75, 3.05) is 5.32 Å². The lowest BCUT2D eigenvalue weighted by Crippen LogP contribution is -2.19. The monoisotopic (exact) mass is 271 g/mol. The Bertz CT molecular complexity index is 528. The van der Waals surface area contributed by atoms with Crippen molar-refractivity contribution in [2.45, 2.75) is 52.6 Å². The van der Waals surface area contributed by atoms with Crippen molar-refractivity contribution >= 4 is 5.95 Å². The standard InChI is InChI=1S/C17H25N3/c1-13(2)20-12-15(4)19-17(20)18-14(3)10-11-16-8-6-5-7-9-16/h5-9,12-14H,10-11H2,1-4H3,(H,18,19). The van der Waals surface area contributed by atoms with E-state index in [-0.39, 0.29) is 0 Å². The fourth-order valence-electron chi connectivity index (χ4n) is 2.34. The van der Waals surface area contributed by atoms with Gasteiger partial charge in [0.1, 0.15) is 0 Å². The molecule has 0 aliphatic carbocycles. The van der Waals surface area contributed by atoms with Crippen LogP contribution in [0.25, 0.3) is 0 Å². The molecule has 1 unspecified atom stereocenters. The zero-order chi connectivity index (χ0) is 14.5. The molecule has 0 aliphatic heterocycles.